The lowest BCUT2D eigenvalue weighted by molar-refractivity contribution is 0.669. The molecule has 3 heterocycles. The molecule has 0 spiro atoms. The number of aromatic nitrogens is 2. The van der Waals surface area contributed by atoms with Gasteiger partial charge in [0.15, 0.2) is 0 Å². The predicted molar refractivity (Wildman–Crippen MR) is 311 cm³/mol. The summed E-state index contributed by atoms with van der Waals surface area (Å²) in [5.41, 5.74) is 19.1. The maximum Gasteiger partial charge on any atom is 0.136 e. The zero-order valence-electron chi connectivity index (χ0n) is 40.2. The van der Waals surface area contributed by atoms with Crippen molar-refractivity contribution < 1.29 is 4.42 Å². The summed E-state index contributed by atoms with van der Waals surface area (Å²) >= 11 is 0. The van der Waals surface area contributed by atoms with Gasteiger partial charge >= 0.3 is 0 Å². The van der Waals surface area contributed by atoms with Gasteiger partial charge in [0.25, 0.3) is 0 Å². The molecule has 346 valence electrons. The first-order valence-corrected chi connectivity index (χ1v) is 25.3. The summed E-state index contributed by atoms with van der Waals surface area (Å²) in [4.78, 5) is 2.32. The molecule has 0 atom stereocenters. The number of nitrogens with zero attached hydrogens (tertiary/aromatic N) is 3. The summed E-state index contributed by atoms with van der Waals surface area (Å²) in [7, 11) is 0. The molecule has 0 aliphatic heterocycles. The molecular weight excluding hydrogens is 899 g/mol. The topological polar surface area (TPSA) is 26.2 Å². The molecule has 0 radical (unpaired) electrons. The van der Waals surface area contributed by atoms with Crippen molar-refractivity contribution in [2.24, 2.45) is 0 Å². The van der Waals surface area contributed by atoms with E-state index in [1.807, 2.05) is 6.07 Å². The zero-order chi connectivity index (χ0) is 48.7. The van der Waals surface area contributed by atoms with Crippen LogP contribution in [0, 0.1) is 0 Å². The smallest absolute Gasteiger partial charge is 0.136 e. The van der Waals surface area contributed by atoms with Crippen LogP contribution in [0.3, 0.4) is 0 Å². The maximum atomic E-state index is 6.43. The van der Waals surface area contributed by atoms with E-state index in [1.165, 1.54) is 76.7 Å². The highest BCUT2D eigenvalue weighted by Gasteiger charge is 2.20. The number of hydrogen-bond acceptors (Lipinski definition) is 2. The Bertz CT molecular complexity index is 4610. The SMILES string of the molecule is c1ccc(-c2ccc(N(c3ccccc3)c3ccc(-c4ccc(-c5ccc6c(c5)c5cc7ccc8oc9ccccc9c8c7cc5n6-c5ccc6c7ccccc7n(-c7ccccc7)c6c5)cc4)cc3)cc2)cc1. The van der Waals surface area contributed by atoms with Gasteiger partial charge in [0.05, 0.1) is 22.1 Å². The van der Waals surface area contributed by atoms with Gasteiger partial charge in [-0.15, -0.1) is 0 Å². The van der Waals surface area contributed by atoms with Crippen LogP contribution >= 0.6 is 0 Å². The lowest BCUT2D eigenvalue weighted by Gasteiger charge is -2.26. The molecule has 0 fully saturated rings. The van der Waals surface area contributed by atoms with Gasteiger partial charge < -0.3 is 18.5 Å². The van der Waals surface area contributed by atoms with Crippen LogP contribution in [0.4, 0.5) is 17.1 Å². The van der Waals surface area contributed by atoms with Gasteiger partial charge in [-0.25, -0.2) is 0 Å². The van der Waals surface area contributed by atoms with Crippen LogP contribution < -0.4 is 4.90 Å². The van der Waals surface area contributed by atoms with E-state index in [4.69, 9.17) is 4.42 Å². The fourth-order valence-corrected chi connectivity index (χ4v) is 11.6. The lowest BCUT2D eigenvalue weighted by atomic mass is 9.98. The number of furan rings is 1. The minimum Gasteiger partial charge on any atom is -0.456 e. The quantitative estimate of drug-likeness (QED) is 0.152. The number of para-hydroxylation sites is 4. The summed E-state index contributed by atoms with van der Waals surface area (Å²) in [6.45, 7) is 0. The number of anilines is 3. The summed E-state index contributed by atoms with van der Waals surface area (Å²) in [5, 5.41) is 9.52. The van der Waals surface area contributed by atoms with Crippen molar-refractivity contribution in [1.29, 1.82) is 0 Å². The van der Waals surface area contributed by atoms with Gasteiger partial charge in [0.2, 0.25) is 0 Å². The van der Waals surface area contributed by atoms with Crippen molar-refractivity contribution in [3.8, 4) is 44.8 Å². The molecule has 3 aromatic heterocycles. The van der Waals surface area contributed by atoms with Crippen LogP contribution in [0.15, 0.2) is 277 Å². The normalized spacial score (nSPS) is 11.8. The second-order valence-electron chi connectivity index (χ2n) is 19.3. The van der Waals surface area contributed by atoms with Crippen LogP contribution in [0.25, 0.3) is 121 Å². The van der Waals surface area contributed by atoms with Gasteiger partial charge in [-0.3, -0.25) is 0 Å². The van der Waals surface area contributed by atoms with Crippen LogP contribution in [0.5, 0.6) is 0 Å². The highest BCUT2D eigenvalue weighted by Crippen LogP contribution is 2.43. The first-order valence-electron chi connectivity index (χ1n) is 25.3. The summed E-state index contributed by atoms with van der Waals surface area (Å²) in [6.07, 6.45) is 0. The Hall–Kier alpha value is -9.90. The van der Waals surface area contributed by atoms with Crippen LogP contribution in [-0.4, -0.2) is 9.13 Å². The third-order valence-electron chi connectivity index (χ3n) is 15.1. The fraction of sp³-hybridized carbons (Fsp3) is 0. The molecule has 0 amide bonds. The number of benzene rings is 12. The molecule has 0 saturated carbocycles. The molecule has 4 heteroatoms. The van der Waals surface area contributed by atoms with E-state index in [0.717, 1.165) is 61.4 Å². The van der Waals surface area contributed by atoms with Crippen molar-refractivity contribution >= 4 is 93.4 Å². The Balaban J connectivity index is 0.834. The van der Waals surface area contributed by atoms with Gasteiger partial charge in [-0.2, -0.15) is 0 Å². The average molecular weight is 944 g/mol. The van der Waals surface area contributed by atoms with Gasteiger partial charge in [0, 0.05) is 60.8 Å². The number of rotatable bonds is 8. The molecule has 4 nitrogen and oxygen atoms in total. The van der Waals surface area contributed by atoms with E-state index in [9.17, 15) is 0 Å². The molecular formula is C70H45N3O. The molecule has 0 bridgehead atoms. The number of hydrogen-bond donors (Lipinski definition) is 0. The molecule has 74 heavy (non-hydrogen) atoms. The first-order chi connectivity index (χ1) is 36.7. The molecule has 0 aliphatic rings. The Morgan fingerprint density at radius 2 is 0.757 bits per heavy atom. The van der Waals surface area contributed by atoms with E-state index in [2.05, 4.69) is 281 Å². The van der Waals surface area contributed by atoms with Crippen LogP contribution in [-0.2, 0) is 0 Å². The lowest BCUT2D eigenvalue weighted by Crippen LogP contribution is -2.09. The third kappa shape index (κ3) is 6.77. The van der Waals surface area contributed by atoms with Gasteiger partial charge in [-0.05, 0) is 147 Å². The van der Waals surface area contributed by atoms with Crippen molar-refractivity contribution in [2.75, 3.05) is 4.90 Å². The highest BCUT2D eigenvalue weighted by molar-refractivity contribution is 6.23. The van der Waals surface area contributed by atoms with E-state index in [0.29, 0.717) is 0 Å². The van der Waals surface area contributed by atoms with E-state index in [-0.39, 0.29) is 0 Å². The fourth-order valence-electron chi connectivity index (χ4n) is 11.6. The first kappa shape index (κ1) is 41.8. The van der Waals surface area contributed by atoms with Gasteiger partial charge in [-0.1, -0.05) is 170 Å². The third-order valence-corrected chi connectivity index (χ3v) is 15.1. The average Bonchev–Trinajstić information content (AvgIpc) is 4.14. The van der Waals surface area contributed by atoms with Crippen molar-refractivity contribution in [2.45, 2.75) is 0 Å². The maximum absolute atomic E-state index is 6.43. The van der Waals surface area contributed by atoms with Crippen molar-refractivity contribution in [1.82, 2.24) is 9.13 Å². The second kappa shape index (κ2) is 16.9. The van der Waals surface area contributed by atoms with E-state index in [1.54, 1.807) is 0 Å². The Labute approximate surface area is 427 Å². The molecule has 0 saturated heterocycles. The Morgan fingerprint density at radius 3 is 1.47 bits per heavy atom. The van der Waals surface area contributed by atoms with Crippen molar-refractivity contribution in [3.63, 3.8) is 0 Å². The minimum atomic E-state index is 0.898. The van der Waals surface area contributed by atoms with E-state index >= 15 is 0 Å². The standard InChI is InChI=1S/C70H45N3O/c1-4-14-46(15-5-1)48-28-34-55(35-29-48)71(53-16-6-2-7-17-53)56-36-30-49(31-37-56)47-24-26-50(27-25-47)51-32-40-65-62(42-51)63-43-52-33-41-69-70(60-21-11-13-23-68(60)74-69)61(52)45-67(63)73(65)57-38-39-59-58-20-10-12-22-64(58)72(66(59)44-57)54-18-8-3-9-19-54/h1-45H. The predicted octanol–water partition coefficient (Wildman–Crippen LogP) is 19.4. The molecule has 0 N–H and O–H groups in total. The second-order valence-corrected chi connectivity index (χ2v) is 19.3. The summed E-state index contributed by atoms with van der Waals surface area (Å²) in [6, 6.07) is 98.9. The molecule has 0 aliphatic carbocycles. The van der Waals surface area contributed by atoms with E-state index < -0.39 is 0 Å². The molecule has 0 unspecified atom stereocenters. The Morgan fingerprint density at radius 1 is 0.257 bits per heavy atom. The monoisotopic (exact) mass is 943 g/mol. The summed E-state index contributed by atoms with van der Waals surface area (Å²) in [5.74, 6) is 0. The zero-order valence-corrected chi connectivity index (χ0v) is 40.2. The van der Waals surface area contributed by atoms with Gasteiger partial charge in [0.1, 0.15) is 11.2 Å². The van der Waals surface area contributed by atoms with Crippen LogP contribution in [0.1, 0.15) is 0 Å². The largest absolute Gasteiger partial charge is 0.456 e. The molecule has 12 aromatic carbocycles. The number of fused-ring (bicyclic) bond motifs is 11. The van der Waals surface area contributed by atoms with Crippen LogP contribution in [0.2, 0.25) is 0 Å². The highest BCUT2D eigenvalue weighted by atomic mass is 16.3. The summed E-state index contributed by atoms with van der Waals surface area (Å²) < 4.78 is 11.3. The molecule has 15 aromatic rings. The Kier molecular flexibility index (Phi) is 9.54. The molecule has 15 rings (SSSR count). The minimum absolute atomic E-state index is 0.898. The van der Waals surface area contributed by atoms with Crippen molar-refractivity contribution in [3.05, 3.63) is 273 Å².